The van der Waals surface area contributed by atoms with Gasteiger partial charge in [0.2, 0.25) is 0 Å². The Morgan fingerprint density at radius 1 is 1.31 bits per heavy atom. The van der Waals surface area contributed by atoms with Crippen molar-refractivity contribution in [2.75, 3.05) is 13.7 Å². The molecule has 0 radical (unpaired) electrons. The zero-order valence-corrected chi connectivity index (χ0v) is 16.2. The van der Waals surface area contributed by atoms with E-state index in [-0.39, 0.29) is 43.0 Å². The Balaban J connectivity index is 1.80. The number of nitriles is 2. The van der Waals surface area contributed by atoms with E-state index in [4.69, 9.17) is 14.2 Å². The summed E-state index contributed by atoms with van der Waals surface area (Å²) in [6.07, 6.45) is 2.33. The Labute approximate surface area is 167 Å². The number of carbonyl (C=O) groups is 3. The van der Waals surface area contributed by atoms with Gasteiger partial charge in [0.25, 0.3) is 0 Å². The Morgan fingerprint density at radius 2 is 2.03 bits per heavy atom. The van der Waals surface area contributed by atoms with E-state index in [2.05, 4.69) is 12.1 Å². The molecule has 1 saturated heterocycles. The van der Waals surface area contributed by atoms with Crippen molar-refractivity contribution < 1.29 is 28.6 Å². The normalized spacial score (nSPS) is 33.7. The van der Waals surface area contributed by atoms with Gasteiger partial charge in [-0.3, -0.25) is 14.4 Å². The molecule has 2 fully saturated rings. The summed E-state index contributed by atoms with van der Waals surface area (Å²) in [5.74, 6) is -1.76. The van der Waals surface area contributed by atoms with Crippen LogP contribution in [-0.2, 0) is 28.6 Å². The second-order valence-corrected chi connectivity index (χ2v) is 8.03. The quantitative estimate of drug-likeness (QED) is 0.399. The summed E-state index contributed by atoms with van der Waals surface area (Å²) >= 11 is 0. The molecule has 1 heterocycles. The molecule has 0 aromatic heterocycles. The number of methoxy groups -OCH3 is 1. The molecule has 4 aliphatic rings. The third kappa shape index (κ3) is 2.71. The summed E-state index contributed by atoms with van der Waals surface area (Å²) in [5, 5.41) is 20.0. The maximum absolute atomic E-state index is 12.7. The van der Waals surface area contributed by atoms with Crippen LogP contribution in [0.15, 0.2) is 22.8 Å². The molecular weight excluding hydrogens is 376 g/mol. The van der Waals surface area contributed by atoms with E-state index in [1.165, 1.54) is 14.0 Å². The monoisotopic (exact) mass is 396 g/mol. The molecule has 8 heteroatoms. The van der Waals surface area contributed by atoms with Crippen LogP contribution in [0.25, 0.3) is 0 Å². The van der Waals surface area contributed by atoms with E-state index in [0.29, 0.717) is 29.6 Å². The van der Waals surface area contributed by atoms with Gasteiger partial charge in [-0.25, -0.2) is 0 Å². The maximum atomic E-state index is 12.7. The molecule has 1 spiro atoms. The topological polar surface area (TPSA) is 130 Å². The molecule has 4 atom stereocenters. The molecule has 1 saturated carbocycles. The minimum absolute atomic E-state index is 0.0318. The Hall–Kier alpha value is -2.97. The van der Waals surface area contributed by atoms with E-state index in [1.807, 2.05) is 0 Å². The highest BCUT2D eigenvalue weighted by Crippen LogP contribution is 2.64. The van der Waals surface area contributed by atoms with Crippen molar-refractivity contribution in [2.24, 2.45) is 17.3 Å². The van der Waals surface area contributed by atoms with E-state index >= 15 is 0 Å². The highest BCUT2D eigenvalue weighted by atomic mass is 16.6. The van der Waals surface area contributed by atoms with Crippen molar-refractivity contribution in [3.8, 4) is 12.1 Å². The number of fused-ring (bicyclic) bond motifs is 2. The molecule has 150 valence electrons. The van der Waals surface area contributed by atoms with Crippen LogP contribution in [0.1, 0.15) is 32.6 Å². The van der Waals surface area contributed by atoms with Crippen molar-refractivity contribution in [2.45, 2.75) is 44.3 Å². The molecule has 8 nitrogen and oxygen atoms in total. The van der Waals surface area contributed by atoms with Crippen LogP contribution in [0.2, 0.25) is 0 Å². The highest BCUT2D eigenvalue weighted by molar-refractivity contribution is 6.02. The first-order valence-corrected chi connectivity index (χ1v) is 9.49. The lowest BCUT2D eigenvalue weighted by molar-refractivity contribution is -0.146. The van der Waals surface area contributed by atoms with Crippen LogP contribution in [0, 0.1) is 39.9 Å². The SMILES string of the molecule is COC(=O)C1CC=C2C(C1)C1OC13CC(=O)C(COC(C)=O)=C3CC2(C#N)C#N. The molecule has 4 rings (SSSR count). The molecule has 0 aromatic carbocycles. The van der Waals surface area contributed by atoms with Crippen molar-refractivity contribution >= 4 is 17.7 Å². The number of hydrogen-bond donors (Lipinski definition) is 0. The molecule has 0 aromatic rings. The molecular formula is C21H20N2O6. The first-order chi connectivity index (χ1) is 13.8. The van der Waals surface area contributed by atoms with Crippen LogP contribution in [0.3, 0.4) is 0 Å². The van der Waals surface area contributed by atoms with Crippen molar-refractivity contribution in [3.63, 3.8) is 0 Å². The van der Waals surface area contributed by atoms with Gasteiger partial charge < -0.3 is 14.2 Å². The first kappa shape index (κ1) is 19.4. The third-order valence-electron chi connectivity index (χ3n) is 6.57. The van der Waals surface area contributed by atoms with Gasteiger partial charge in [0.1, 0.15) is 12.2 Å². The van der Waals surface area contributed by atoms with Gasteiger partial charge in [0, 0.05) is 31.3 Å². The van der Waals surface area contributed by atoms with Gasteiger partial charge >= 0.3 is 11.9 Å². The molecule has 3 aliphatic carbocycles. The predicted molar refractivity (Wildman–Crippen MR) is 95.5 cm³/mol. The van der Waals surface area contributed by atoms with E-state index in [9.17, 15) is 24.9 Å². The zero-order valence-electron chi connectivity index (χ0n) is 16.2. The van der Waals surface area contributed by atoms with Crippen molar-refractivity contribution in [1.29, 1.82) is 10.5 Å². The zero-order chi connectivity index (χ0) is 21.0. The number of rotatable bonds is 3. The van der Waals surface area contributed by atoms with E-state index in [0.717, 1.165) is 0 Å². The molecule has 0 bridgehead atoms. The largest absolute Gasteiger partial charge is 0.469 e. The Bertz CT molecular complexity index is 951. The third-order valence-corrected chi connectivity index (χ3v) is 6.57. The number of nitrogens with zero attached hydrogens (tertiary/aromatic N) is 2. The fourth-order valence-electron chi connectivity index (χ4n) is 5.15. The molecule has 1 aliphatic heterocycles. The fourth-order valence-corrected chi connectivity index (χ4v) is 5.15. The van der Waals surface area contributed by atoms with Crippen molar-refractivity contribution in [3.05, 3.63) is 22.8 Å². The number of epoxide rings is 1. The standard InChI is InChI=1S/C21H20N2O6/c1-11(24)28-8-14-16-6-20(9-22,10-23)15-4-3-12(19(26)27-2)5-13(15)18-21(16,29-18)7-17(14)25/h4,12-13,18H,3,5-8H2,1-2H3. The van der Waals surface area contributed by atoms with Crippen LogP contribution in [-0.4, -0.2) is 43.1 Å². The fraction of sp³-hybridized carbons (Fsp3) is 0.571. The number of esters is 2. The van der Waals surface area contributed by atoms with Gasteiger partial charge in [-0.1, -0.05) is 6.08 Å². The number of allylic oxidation sites excluding steroid dienone is 1. The Kier molecular flexibility index (Phi) is 4.36. The summed E-state index contributed by atoms with van der Waals surface area (Å²) in [5.41, 5.74) is -0.755. The van der Waals surface area contributed by atoms with Crippen LogP contribution in [0.4, 0.5) is 0 Å². The van der Waals surface area contributed by atoms with Crippen LogP contribution >= 0.6 is 0 Å². The van der Waals surface area contributed by atoms with Crippen LogP contribution in [0.5, 0.6) is 0 Å². The van der Waals surface area contributed by atoms with Gasteiger partial charge in [0.15, 0.2) is 11.2 Å². The van der Waals surface area contributed by atoms with Gasteiger partial charge in [0.05, 0.1) is 31.3 Å². The smallest absolute Gasteiger partial charge is 0.308 e. The number of hydrogen-bond acceptors (Lipinski definition) is 8. The summed E-state index contributed by atoms with van der Waals surface area (Å²) in [6.45, 7) is 1.06. The molecule has 0 amide bonds. The lowest BCUT2D eigenvalue weighted by atomic mass is 9.68. The van der Waals surface area contributed by atoms with Crippen molar-refractivity contribution in [1.82, 2.24) is 0 Å². The minimum Gasteiger partial charge on any atom is -0.469 e. The van der Waals surface area contributed by atoms with Gasteiger partial charge in [-0.2, -0.15) is 10.5 Å². The second-order valence-electron chi connectivity index (χ2n) is 8.03. The average molecular weight is 396 g/mol. The summed E-state index contributed by atoms with van der Waals surface area (Å²) in [6, 6.07) is 4.32. The van der Waals surface area contributed by atoms with Crippen LogP contribution < -0.4 is 0 Å². The predicted octanol–water partition coefficient (Wildman–Crippen LogP) is 1.52. The minimum atomic E-state index is -1.45. The summed E-state index contributed by atoms with van der Waals surface area (Å²) in [4.78, 5) is 36.0. The lowest BCUT2D eigenvalue weighted by Crippen LogP contribution is -2.33. The van der Waals surface area contributed by atoms with E-state index in [1.54, 1.807) is 6.08 Å². The Morgan fingerprint density at radius 3 is 2.66 bits per heavy atom. The number of carbonyl (C=O) groups excluding carboxylic acids is 3. The maximum Gasteiger partial charge on any atom is 0.308 e. The van der Waals surface area contributed by atoms with Gasteiger partial charge in [-0.15, -0.1) is 0 Å². The second kappa shape index (κ2) is 6.53. The first-order valence-electron chi connectivity index (χ1n) is 9.49. The van der Waals surface area contributed by atoms with E-state index < -0.39 is 23.1 Å². The lowest BCUT2D eigenvalue weighted by Gasteiger charge is -2.32. The molecule has 0 N–H and O–H groups in total. The number of Topliss-reactive ketones (excluding diaryl/α,β-unsaturated/α-hetero) is 1. The summed E-state index contributed by atoms with van der Waals surface area (Å²) in [7, 11) is 1.33. The highest BCUT2D eigenvalue weighted by Gasteiger charge is 2.71. The number of ether oxygens (including phenoxy) is 3. The number of ketones is 1. The molecule has 29 heavy (non-hydrogen) atoms. The van der Waals surface area contributed by atoms with Gasteiger partial charge in [-0.05, 0) is 24.0 Å². The molecule has 4 unspecified atom stereocenters. The average Bonchev–Trinajstić information content (AvgIpc) is 3.38. The summed E-state index contributed by atoms with van der Waals surface area (Å²) < 4.78 is 16.0.